The molecular weight excluding hydrogens is 312 g/mol. The average Bonchev–Trinajstić information content (AvgIpc) is 3.14. The van der Waals surface area contributed by atoms with E-state index in [4.69, 9.17) is 4.74 Å². The lowest BCUT2D eigenvalue weighted by Gasteiger charge is -2.06. The number of hydrogen-bond acceptors (Lipinski definition) is 5. The summed E-state index contributed by atoms with van der Waals surface area (Å²) in [6.07, 6.45) is 1.88. The Kier molecular flexibility index (Phi) is 4.29. The highest BCUT2D eigenvalue weighted by atomic mass is 32.1. The molecular formula is C16H18N4O2S. The summed E-state index contributed by atoms with van der Waals surface area (Å²) >= 11 is 1.41. The van der Waals surface area contributed by atoms with Crippen LogP contribution in [0, 0.1) is 0 Å². The number of nitrogens with one attached hydrogen (secondary N) is 1. The molecule has 3 rings (SSSR count). The molecule has 23 heavy (non-hydrogen) atoms. The molecule has 0 atom stereocenters. The Morgan fingerprint density at radius 2 is 2.17 bits per heavy atom. The summed E-state index contributed by atoms with van der Waals surface area (Å²) in [6.45, 7) is 4.31. The minimum Gasteiger partial charge on any atom is -0.496 e. The smallest absolute Gasteiger partial charge is 0.246 e. The van der Waals surface area contributed by atoms with Gasteiger partial charge in [-0.25, -0.2) is 0 Å². The molecule has 0 spiro atoms. The van der Waals surface area contributed by atoms with Crippen LogP contribution in [0.5, 0.6) is 5.75 Å². The normalized spacial score (nSPS) is 11.1. The maximum Gasteiger partial charge on any atom is 0.246 e. The van der Waals surface area contributed by atoms with Gasteiger partial charge in [-0.1, -0.05) is 31.3 Å². The van der Waals surface area contributed by atoms with Gasteiger partial charge < -0.3 is 9.30 Å². The second kappa shape index (κ2) is 6.37. The number of nitrogens with zero attached hydrogens (tertiary/aromatic N) is 3. The van der Waals surface area contributed by atoms with Gasteiger partial charge in [-0.05, 0) is 18.2 Å². The average molecular weight is 330 g/mol. The number of carbonyl (C=O) groups excluding carboxylic acids is 1. The Morgan fingerprint density at radius 3 is 2.87 bits per heavy atom. The molecule has 2 aromatic heterocycles. The van der Waals surface area contributed by atoms with E-state index in [1.807, 2.05) is 48.9 Å². The number of hydrogen-bond donors (Lipinski definition) is 1. The van der Waals surface area contributed by atoms with Crippen molar-refractivity contribution in [3.05, 3.63) is 35.5 Å². The molecule has 0 bridgehead atoms. The summed E-state index contributed by atoms with van der Waals surface area (Å²) in [5.74, 6) is 0.975. The molecule has 6 nitrogen and oxygen atoms in total. The topological polar surface area (TPSA) is 69.0 Å². The van der Waals surface area contributed by atoms with Gasteiger partial charge in [-0.3, -0.25) is 10.1 Å². The molecule has 0 radical (unpaired) electrons. The second-order valence-electron chi connectivity index (χ2n) is 5.49. The van der Waals surface area contributed by atoms with Gasteiger partial charge in [0.2, 0.25) is 11.0 Å². The third-order valence-corrected chi connectivity index (χ3v) is 4.63. The summed E-state index contributed by atoms with van der Waals surface area (Å²) in [5.41, 5.74) is 0.958. The van der Waals surface area contributed by atoms with Crippen LogP contribution < -0.4 is 10.1 Å². The van der Waals surface area contributed by atoms with E-state index in [0.29, 0.717) is 11.0 Å². The monoisotopic (exact) mass is 330 g/mol. The van der Waals surface area contributed by atoms with Gasteiger partial charge in [0, 0.05) is 17.5 Å². The van der Waals surface area contributed by atoms with Crippen molar-refractivity contribution in [3.8, 4) is 5.75 Å². The van der Waals surface area contributed by atoms with Crippen molar-refractivity contribution in [2.75, 3.05) is 12.4 Å². The molecule has 2 heterocycles. The Balaban J connectivity index is 1.75. The zero-order chi connectivity index (χ0) is 16.4. The van der Waals surface area contributed by atoms with Crippen LogP contribution in [0.4, 0.5) is 5.13 Å². The molecule has 1 N–H and O–H groups in total. The van der Waals surface area contributed by atoms with Crippen LogP contribution >= 0.6 is 11.3 Å². The van der Waals surface area contributed by atoms with E-state index in [-0.39, 0.29) is 12.5 Å². The fraction of sp³-hybridized carbons (Fsp3) is 0.312. The fourth-order valence-electron chi connectivity index (χ4n) is 2.34. The molecule has 120 valence electrons. The van der Waals surface area contributed by atoms with E-state index in [9.17, 15) is 4.79 Å². The first-order chi connectivity index (χ1) is 11.1. The minimum atomic E-state index is -0.128. The number of methoxy groups -OCH3 is 1. The van der Waals surface area contributed by atoms with Crippen molar-refractivity contribution in [2.24, 2.45) is 0 Å². The molecule has 0 fully saturated rings. The fourth-order valence-corrected chi connectivity index (χ4v) is 3.10. The number of carbonyl (C=O) groups is 1. The summed E-state index contributed by atoms with van der Waals surface area (Å²) in [6, 6.07) is 7.73. The standard InChI is InChI=1S/C16H18N4O2S/c1-10(2)15-18-19-16(23-15)17-14(21)9-20-8-7-11-12(20)5-4-6-13(11)22-3/h4-8,10H,9H2,1-3H3,(H,17,19,21). The molecule has 1 aromatic carbocycles. The van der Waals surface area contributed by atoms with Gasteiger partial charge in [-0.2, -0.15) is 0 Å². The maximum absolute atomic E-state index is 12.2. The van der Waals surface area contributed by atoms with Crippen molar-refractivity contribution >= 4 is 33.3 Å². The van der Waals surface area contributed by atoms with E-state index in [1.165, 1.54) is 11.3 Å². The van der Waals surface area contributed by atoms with Crippen LogP contribution in [-0.4, -0.2) is 27.8 Å². The van der Waals surface area contributed by atoms with Gasteiger partial charge >= 0.3 is 0 Å². The Hall–Kier alpha value is -2.41. The van der Waals surface area contributed by atoms with Gasteiger partial charge in [0.25, 0.3) is 0 Å². The molecule has 7 heteroatoms. The number of anilines is 1. The molecule has 0 saturated carbocycles. The van der Waals surface area contributed by atoms with E-state index < -0.39 is 0 Å². The first-order valence-corrected chi connectivity index (χ1v) is 8.15. The molecule has 0 aliphatic carbocycles. The Bertz CT molecular complexity index is 838. The first-order valence-electron chi connectivity index (χ1n) is 7.33. The number of benzene rings is 1. The van der Waals surface area contributed by atoms with Crippen LogP contribution in [-0.2, 0) is 11.3 Å². The zero-order valence-corrected chi connectivity index (χ0v) is 14.1. The summed E-state index contributed by atoms with van der Waals surface area (Å²) in [5, 5.41) is 13.3. The molecule has 0 aliphatic rings. The number of ether oxygens (including phenoxy) is 1. The number of rotatable bonds is 5. The lowest BCUT2D eigenvalue weighted by atomic mass is 10.2. The van der Waals surface area contributed by atoms with E-state index in [2.05, 4.69) is 15.5 Å². The van der Waals surface area contributed by atoms with Crippen LogP contribution in [0.3, 0.4) is 0 Å². The van der Waals surface area contributed by atoms with Gasteiger partial charge in [-0.15, -0.1) is 10.2 Å². The van der Waals surface area contributed by atoms with Crippen molar-refractivity contribution in [3.63, 3.8) is 0 Å². The van der Waals surface area contributed by atoms with Crippen molar-refractivity contribution in [1.29, 1.82) is 0 Å². The maximum atomic E-state index is 12.2. The quantitative estimate of drug-likeness (QED) is 0.779. The molecule has 3 aromatic rings. The van der Waals surface area contributed by atoms with Crippen molar-refractivity contribution in [2.45, 2.75) is 26.3 Å². The predicted molar refractivity (Wildman–Crippen MR) is 91.1 cm³/mol. The highest BCUT2D eigenvalue weighted by molar-refractivity contribution is 7.15. The SMILES string of the molecule is COc1cccc2c1ccn2CC(=O)Nc1nnc(C(C)C)s1. The van der Waals surface area contributed by atoms with Gasteiger partial charge in [0.05, 0.1) is 12.6 Å². The second-order valence-corrected chi connectivity index (χ2v) is 6.49. The van der Waals surface area contributed by atoms with Crippen molar-refractivity contribution in [1.82, 2.24) is 14.8 Å². The summed E-state index contributed by atoms with van der Waals surface area (Å²) in [7, 11) is 1.64. The van der Waals surface area contributed by atoms with E-state index >= 15 is 0 Å². The lowest BCUT2D eigenvalue weighted by molar-refractivity contribution is -0.116. The van der Waals surface area contributed by atoms with Crippen LogP contribution in [0.2, 0.25) is 0 Å². The minimum absolute atomic E-state index is 0.128. The largest absolute Gasteiger partial charge is 0.496 e. The molecule has 0 aliphatic heterocycles. The third-order valence-electron chi connectivity index (χ3n) is 3.49. The van der Waals surface area contributed by atoms with Crippen LogP contribution in [0.15, 0.2) is 30.5 Å². The number of aromatic nitrogens is 3. The lowest BCUT2D eigenvalue weighted by Crippen LogP contribution is -2.18. The first kappa shape index (κ1) is 15.5. The molecule has 0 unspecified atom stereocenters. The van der Waals surface area contributed by atoms with Crippen LogP contribution in [0.1, 0.15) is 24.8 Å². The highest BCUT2D eigenvalue weighted by Crippen LogP contribution is 2.26. The molecule has 0 saturated heterocycles. The molecule has 1 amide bonds. The van der Waals surface area contributed by atoms with Gasteiger partial charge in [0.15, 0.2) is 0 Å². The van der Waals surface area contributed by atoms with Crippen molar-refractivity contribution < 1.29 is 9.53 Å². The number of fused-ring (bicyclic) bond motifs is 1. The zero-order valence-electron chi connectivity index (χ0n) is 13.2. The Morgan fingerprint density at radius 1 is 1.35 bits per heavy atom. The van der Waals surface area contributed by atoms with Crippen LogP contribution in [0.25, 0.3) is 10.9 Å². The summed E-state index contributed by atoms with van der Waals surface area (Å²) < 4.78 is 7.22. The highest BCUT2D eigenvalue weighted by Gasteiger charge is 2.12. The van der Waals surface area contributed by atoms with Gasteiger partial charge in [0.1, 0.15) is 17.3 Å². The van der Waals surface area contributed by atoms with E-state index in [1.54, 1.807) is 7.11 Å². The van der Waals surface area contributed by atoms with E-state index in [0.717, 1.165) is 21.7 Å². The summed E-state index contributed by atoms with van der Waals surface area (Å²) in [4.78, 5) is 12.2. The predicted octanol–water partition coefficient (Wildman–Crippen LogP) is 3.26. The number of amides is 1. The third kappa shape index (κ3) is 3.19. The Labute approximate surface area is 138 Å².